The van der Waals surface area contributed by atoms with Gasteiger partial charge in [-0.15, -0.1) is 12.8 Å². The van der Waals surface area contributed by atoms with E-state index in [1.165, 1.54) is 0 Å². The number of aliphatic hydroxyl groups is 1. The smallest absolute Gasteiger partial charge is 0.397 e. The van der Waals surface area contributed by atoms with Gasteiger partial charge in [-0.2, -0.15) is 12.2 Å². The Labute approximate surface area is 102 Å². The third-order valence-corrected chi connectivity index (χ3v) is 1.17. The van der Waals surface area contributed by atoms with Gasteiger partial charge in [0.1, 0.15) is 0 Å². The van der Waals surface area contributed by atoms with Crippen LogP contribution in [0.3, 0.4) is 0 Å². The van der Waals surface area contributed by atoms with Crippen LogP contribution in [0.2, 0.25) is 0 Å². The molecule has 0 unspecified atom stereocenters. The summed E-state index contributed by atoms with van der Waals surface area (Å²) < 4.78 is 0. The van der Waals surface area contributed by atoms with Crippen LogP contribution in [-0.2, 0) is 21.7 Å². The van der Waals surface area contributed by atoms with E-state index in [0.29, 0.717) is 0 Å². The molecule has 1 nitrogen and oxygen atoms in total. The molecule has 0 saturated heterocycles. The van der Waals surface area contributed by atoms with Crippen LogP contribution in [0.1, 0.15) is 19.8 Å². The van der Waals surface area contributed by atoms with Crippen molar-refractivity contribution in [2.75, 3.05) is 6.61 Å². The summed E-state index contributed by atoms with van der Waals surface area (Å²) in [6.45, 7) is 1.93. The first-order valence-corrected chi connectivity index (χ1v) is 4.46. The normalized spacial score (nSPS) is 13.9. The van der Waals surface area contributed by atoms with E-state index in [-0.39, 0.29) is 28.3 Å². The average Bonchev–Trinajstić information content (AvgIpc) is 2.85. The summed E-state index contributed by atoms with van der Waals surface area (Å²) in [6, 6.07) is 0. The van der Waals surface area contributed by atoms with E-state index in [1.807, 2.05) is 24.3 Å². The quantitative estimate of drug-likeness (QED) is 0.495. The second-order valence-corrected chi connectivity index (χ2v) is 2.32. The topological polar surface area (TPSA) is 20.2 Å². The SMILES string of the molecule is CCO.[C-]1=CC=CC1.[C-]1=CC=CC1.[Ti+2]. The fraction of sp³-hybridized carbons (Fsp3) is 0.333. The number of aliphatic hydroxyl groups excluding tert-OH is 1. The molecule has 0 aromatic carbocycles. The zero-order valence-electron chi connectivity index (χ0n) is 8.53. The zero-order valence-corrected chi connectivity index (χ0v) is 10.1. The van der Waals surface area contributed by atoms with Crippen LogP contribution in [0.4, 0.5) is 0 Å². The van der Waals surface area contributed by atoms with Gasteiger partial charge in [0, 0.05) is 6.61 Å². The maximum Gasteiger partial charge on any atom is 2.00 e. The molecule has 0 heterocycles. The Kier molecular flexibility index (Phi) is 17.4. The third kappa shape index (κ3) is 14.2. The Hall–Kier alpha value is -0.366. The fourth-order valence-corrected chi connectivity index (χ4v) is 0.680. The molecule has 2 aliphatic rings. The van der Waals surface area contributed by atoms with Crippen molar-refractivity contribution in [1.82, 2.24) is 0 Å². The molecule has 0 bridgehead atoms. The van der Waals surface area contributed by atoms with Crippen molar-refractivity contribution >= 4 is 0 Å². The summed E-state index contributed by atoms with van der Waals surface area (Å²) in [4.78, 5) is 0. The number of allylic oxidation sites excluding steroid dienone is 8. The second-order valence-electron chi connectivity index (χ2n) is 2.32. The molecule has 0 amide bonds. The van der Waals surface area contributed by atoms with Crippen molar-refractivity contribution in [3.63, 3.8) is 0 Å². The molecule has 0 spiro atoms. The molecule has 0 aliphatic heterocycles. The van der Waals surface area contributed by atoms with E-state index >= 15 is 0 Å². The molecular weight excluding hydrogens is 208 g/mol. The summed E-state index contributed by atoms with van der Waals surface area (Å²) in [5.74, 6) is 0. The Bertz CT molecular complexity index is 160. The predicted octanol–water partition coefficient (Wildman–Crippen LogP) is 2.61. The van der Waals surface area contributed by atoms with Crippen LogP contribution in [0.25, 0.3) is 0 Å². The first-order chi connectivity index (χ1) is 6.41. The Morgan fingerprint density at radius 2 is 1.43 bits per heavy atom. The Balaban J connectivity index is 0. The van der Waals surface area contributed by atoms with Crippen molar-refractivity contribution in [2.24, 2.45) is 0 Å². The molecule has 2 heteroatoms. The summed E-state index contributed by atoms with van der Waals surface area (Å²) in [5.41, 5.74) is 0. The summed E-state index contributed by atoms with van der Waals surface area (Å²) in [6.07, 6.45) is 20.0. The molecule has 0 atom stereocenters. The van der Waals surface area contributed by atoms with Gasteiger partial charge >= 0.3 is 21.7 Å². The van der Waals surface area contributed by atoms with E-state index < -0.39 is 0 Å². The van der Waals surface area contributed by atoms with Gasteiger partial charge < -0.3 is 5.11 Å². The molecular formula is C12H16OTi. The van der Waals surface area contributed by atoms with E-state index in [0.717, 1.165) is 12.8 Å². The predicted molar refractivity (Wildman–Crippen MR) is 55.9 cm³/mol. The zero-order chi connectivity index (χ0) is 9.78. The first kappa shape index (κ1) is 16.1. The average molecular weight is 224 g/mol. The Morgan fingerprint density at radius 1 is 1.07 bits per heavy atom. The van der Waals surface area contributed by atoms with Crippen LogP contribution >= 0.6 is 0 Å². The summed E-state index contributed by atoms with van der Waals surface area (Å²) in [5, 5.41) is 7.57. The minimum Gasteiger partial charge on any atom is -0.397 e. The molecule has 14 heavy (non-hydrogen) atoms. The van der Waals surface area contributed by atoms with Crippen LogP contribution in [0.5, 0.6) is 0 Å². The minimum absolute atomic E-state index is 0. The monoisotopic (exact) mass is 224 g/mol. The molecule has 2 rings (SSSR count). The van der Waals surface area contributed by atoms with Crippen molar-refractivity contribution in [3.8, 4) is 0 Å². The molecule has 74 valence electrons. The Morgan fingerprint density at radius 3 is 1.50 bits per heavy atom. The van der Waals surface area contributed by atoms with E-state index in [4.69, 9.17) is 5.11 Å². The summed E-state index contributed by atoms with van der Waals surface area (Å²) >= 11 is 0. The van der Waals surface area contributed by atoms with Gasteiger partial charge in [-0.25, -0.2) is 24.3 Å². The van der Waals surface area contributed by atoms with Crippen molar-refractivity contribution in [1.29, 1.82) is 0 Å². The molecule has 0 fully saturated rings. The van der Waals surface area contributed by atoms with Gasteiger partial charge in [0.25, 0.3) is 0 Å². The largest absolute Gasteiger partial charge is 2.00 e. The van der Waals surface area contributed by atoms with Crippen LogP contribution in [0.15, 0.2) is 36.5 Å². The van der Waals surface area contributed by atoms with Gasteiger partial charge in [0.2, 0.25) is 0 Å². The van der Waals surface area contributed by atoms with Crippen LogP contribution in [-0.4, -0.2) is 11.7 Å². The fourth-order valence-electron chi connectivity index (χ4n) is 0.680. The standard InChI is InChI=1S/2C5H5.C2H6O.Ti/c2*1-2-4-5-3-1;1-2-3;/h2*1-3H,4H2;3H,2H2,1H3;/q2*-1;;+2. The second kappa shape index (κ2) is 15.1. The first-order valence-electron chi connectivity index (χ1n) is 4.46. The van der Waals surface area contributed by atoms with Crippen molar-refractivity contribution in [3.05, 3.63) is 48.6 Å². The molecule has 0 aromatic heterocycles. The van der Waals surface area contributed by atoms with Gasteiger partial charge in [-0.1, -0.05) is 0 Å². The number of rotatable bonds is 0. The van der Waals surface area contributed by atoms with Gasteiger partial charge in [0.15, 0.2) is 0 Å². The summed E-state index contributed by atoms with van der Waals surface area (Å²) in [7, 11) is 0. The minimum atomic E-state index is 0. The maximum absolute atomic E-state index is 7.57. The number of hydrogen-bond donors (Lipinski definition) is 1. The molecule has 2 aliphatic carbocycles. The van der Waals surface area contributed by atoms with Crippen LogP contribution in [0, 0.1) is 12.2 Å². The van der Waals surface area contributed by atoms with E-state index in [2.05, 4.69) is 24.3 Å². The molecule has 0 aromatic rings. The van der Waals surface area contributed by atoms with E-state index in [1.54, 1.807) is 6.92 Å². The number of hydrogen-bond acceptors (Lipinski definition) is 1. The van der Waals surface area contributed by atoms with Crippen LogP contribution < -0.4 is 0 Å². The maximum atomic E-state index is 7.57. The van der Waals surface area contributed by atoms with Gasteiger partial charge in [0.05, 0.1) is 0 Å². The molecule has 1 N–H and O–H groups in total. The van der Waals surface area contributed by atoms with Gasteiger partial charge in [-0.05, 0) is 6.92 Å². The third-order valence-electron chi connectivity index (χ3n) is 1.17. The van der Waals surface area contributed by atoms with Crippen molar-refractivity contribution in [2.45, 2.75) is 19.8 Å². The molecule has 0 saturated carbocycles. The van der Waals surface area contributed by atoms with E-state index in [9.17, 15) is 0 Å². The van der Waals surface area contributed by atoms with Crippen molar-refractivity contribution < 1.29 is 26.8 Å². The molecule has 0 radical (unpaired) electrons. The van der Waals surface area contributed by atoms with Gasteiger partial charge in [-0.3, -0.25) is 12.2 Å².